The van der Waals surface area contributed by atoms with Crippen molar-refractivity contribution in [1.29, 1.82) is 0 Å². The van der Waals surface area contributed by atoms with E-state index in [0.29, 0.717) is 13.2 Å². The van der Waals surface area contributed by atoms with Crippen molar-refractivity contribution < 1.29 is 39.9 Å². The summed E-state index contributed by atoms with van der Waals surface area (Å²) in [6.07, 6.45) is -1.82. The van der Waals surface area contributed by atoms with Gasteiger partial charge in [0.15, 0.2) is 6.35 Å². The van der Waals surface area contributed by atoms with Crippen LogP contribution in [-0.4, -0.2) is 126 Å². The first kappa shape index (κ1) is 33.8. The van der Waals surface area contributed by atoms with Crippen LogP contribution in [0.3, 0.4) is 0 Å². The van der Waals surface area contributed by atoms with Crippen molar-refractivity contribution in [1.82, 2.24) is 58.5 Å². The van der Waals surface area contributed by atoms with Gasteiger partial charge in [0.05, 0.1) is 25.8 Å². The molecule has 0 radical (unpaired) electrons. The number of ether oxygens (including phenoxy) is 1. The van der Waals surface area contributed by atoms with Crippen molar-refractivity contribution >= 4 is 11.9 Å². The first-order valence-electron chi connectivity index (χ1n) is 14.0. The van der Waals surface area contributed by atoms with Gasteiger partial charge in [0, 0.05) is 18.6 Å². The zero-order valence-corrected chi connectivity index (χ0v) is 23.1. The van der Waals surface area contributed by atoms with Crippen molar-refractivity contribution in [2.45, 2.75) is 101 Å². The Labute approximate surface area is 238 Å². The van der Waals surface area contributed by atoms with E-state index < -0.39 is 68.7 Å². The smallest absolute Gasteiger partial charge is 0.321 e. The minimum absolute atomic E-state index is 0.0631. The summed E-state index contributed by atoms with van der Waals surface area (Å²) in [5.41, 5.74) is 0. The van der Waals surface area contributed by atoms with Gasteiger partial charge in [0.2, 0.25) is 6.41 Å². The highest BCUT2D eigenvalue weighted by Gasteiger charge is 2.33. The molecule has 0 amide bonds. The Balaban J connectivity index is 1.48. The molecule has 16 N–H and O–H groups in total. The standard InChI is InChI=1S/C22H47N11O8/c1-2-23-22(40)41-21-26-10-25-18(33-21)27-11-3-5-12(6-4-11)28-19-30-17(24-8-13(35)9-34)31-20(32-19)29-14(16(38)39)7-15(36)37/h11-14,17-35,40H,2-10H2,1H3,(H,36,37)(H,38,39). The van der Waals surface area contributed by atoms with Crippen LogP contribution < -0.4 is 58.5 Å². The molecule has 19 nitrogen and oxygen atoms in total. The Morgan fingerprint density at radius 3 is 2.15 bits per heavy atom. The Hall–Kier alpha value is -1.66. The predicted molar refractivity (Wildman–Crippen MR) is 144 cm³/mol. The summed E-state index contributed by atoms with van der Waals surface area (Å²) >= 11 is 0. The molecule has 2 heterocycles. The van der Waals surface area contributed by atoms with Gasteiger partial charge in [-0.1, -0.05) is 6.92 Å². The zero-order chi connectivity index (χ0) is 29.8. The van der Waals surface area contributed by atoms with E-state index in [1.165, 1.54) is 0 Å². The van der Waals surface area contributed by atoms with Gasteiger partial charge in [-0.15, -0.1) is 0 Å². The zero-order valence-electron chi connectivity index (χ0n) is 23.1. The number of nitrogens with one attached hydrogen (secondary N) is 11. The molecule has 3 aliphatic rings. The molecule has 19 heteroatoms. The molecule has 0 bridgehead atoms. The second-order valence-electron chi connectivity index (χ2n) is 10.2. The number of hydrogen-bond acceptors (Lipinski definition) is 17. The number of hydrogen-bond donors (Lipinski definition) is 16. The maximum absolute atomic E-state index is 11.6. The molecule has 0 spiro atoms. The number of aliphatic carboxylic acids is 2. The molecule has 41 heavy (non-hydrogen) atoms. The van der Waals surface area contributed by atoms with Crippen LogP contribution in [0.15, 0.2) is 0 Å². The van der Waals surface area contributed by atoms with Crippen LogP contribution in [0, 0.1) is 0 Å². The summed E-state index contributed by atoms with van der Waals surface area (Å²) in [5.74, 6) is -2.54. The Morgan fingerprint density at radius 1 is 0.902 bits per heavy atom. The largest absolute Gasteiger partial charge is 0.481 e. The molecular formula is C22H47N11O8. The SMILES string of the molecule is CCNC(O)OC1NCNC(NC2CCC(NC3NC(NCC(O)CO)NC(NC(CC(=O)O)C(=O)O)N3)CC2)N1. The highest BCUT2D eigenvalue weighted by molar-refractivity contribution is 5.80. The summed E-state index contributed by atoms with van der Waals surface area (Å²) in [5, 5.41) is 81.7. The monoisotopic (exact) mass is 593 g/mol. The summed E-state index contributed by atoms with van der Waals surface area (Å²) < 4.78 is 5.48. The van der Waals surface area contributed by atoms with Gasteiger partial charge in [-0.25, -0.2) is 0 Å². The highest BCUT2D eigenvalue weighted by Crippen LogP contribution is 2.19. The van der Waals surface area contributed by atoms with E-state index in [9.17, 15) is 24.9 Å². The second kappa shape index (κ2) is 17.5. The lowest BCUT2D eigenvalue weighted by Crippen LogP contribution is -2.79. The first-order valence-corrected chi connectivity index (χ1v) is 14.0. The molecule has 0 aromatic carbocycles. The molecule has 1 saturated carbocycles. The van der Waals surface area contributed by atoms with E-state index in [1.807, 2.05) is 6.92 Å². The number of aliphatic hydroxyl groups is 3. The van der Waals surface area contributed by atoms with Gasteiger partial charge in [-0.3, -0.25) is 68.1 Å². The Kier molecular flexibility index (Phi) is 14.4. The van der Waals surface area contributed by atoms with Gasteiger partial charge in [0.1, 0.15) is 31.2 Å². The summed E-state index contributed by atoms with van der Waals surface area (Å²) in [4.78, 5) is 22.7. The number of rotatable bonds is 17. The van der Waals surface area contributed by atoms with Crippen molar-refractivity contribution in [2.75, 3.05) is 26.4 Å². The average molecular weight is 594 g/mol. The van der Waals surface area contributed by atoms with Gasteiger partial charge >= 0.3 is 11.9 Å². The fourth-order valence-electron chi connectivity index (χ4n) is 4.83. The van der Waals surface area contributed by atoms with Crippen LogP contribution in [0.4, 0.5) is 0 Å². The summed E-state index contributed by atoms with van der Waals surface area (Å²) in [7, 11) is 0. The fourth-order valence-corrected chi connectivity index (χ4v) is 4.83. The highest BCUT2D eigenvalue weighted by atomic mass is 16.6. The van der Waals surface area contributed by atoms with Crippen molar-refractivity contribution in [2.24, 2.45) is 0 Å². The molecule has 2 aliphatic heterocycles. The van der Waals surface area contributed by atoms with E-state index >= 15 is 0 Å². The third kappa shape index (κ3) is 12.2. The molecular weight excluding hydrogens is 546 g/mol. The third-order valence-corrected chi connectivity index (χ3v) is 6.90. The summed E-state index contributed by atoms with van der Waals surface area (Å²) in [6.45, 7) is 2.57. The van der Waals surface area contributed by atoms with Crippen molar-refractivity contribution in [3.05, 3.63) is 0 Å². The van der Waals surface area contributed by atoms with E-state index in [2.05, 4.69) is 58.5 Å². The van der Waals surface area contributed by atoms with Gasteiger partial charge in [-0.05, 0) is 32.2 Å². The van der Waals surface area contributed by atoms with Crippen molar-refractivity contribution in [3.8, 4) is 0 Å². The molecule has 0 aromatic heterocycles. The van der Waals surface area contributed by atoms with E-state index in [0.717, 1.165) is 25.7 Å². The van der Waals surface area contributed by atoms with Gasteiger partial charge < -0.3 is 30.3 Å². The van der Waals surface area contributed by atoms with Crippen LogP contribution in [0.2, 0.25) is 0 Å². The van der Waals surface area contributed by atoms with Crippen LogP contribution in [0.25, 0.3) is 0 Å². The molecule has 0 aromatic rings. The lowest BCUT2D eigenvalue weighted by molar-refractivity contribution is -0.180. The van der Waals surface area contributed by atoms with Crippen LogP contribution in [0.1, 0.15) is 39.0 Å². The van der Waals surface area contributed by atoms with Crippen LogP contribution >= 0.6 is 0 Å². The number of carboxylic acid groups (broad SMARTS) is 2. The first-order chi connectivity index (χ1) is 19.6. The minimum Gasteiger partial charge on any atom is -0.481 e. The van der Waals surface area contributed by atoms with Crippen LogP contribution in [0.5, 0.6) is 0 Å². The van der Waals surface area contributed by atoms with Gasteiger partial charge in [0.25, 0.3) is 0 Å². The molecule has 3 rings (SSSR count). The van der Waals surface area contributed by atoms with E-state index in [1.54, 1.807) is 0 Å². The second-order valence-corrected chi connectivity index (χ2v) is 10.2. The lowest BCUT2D eigenvalue weighted by atomic mass is 9.91. The van der Waals surface area contributed by atoms with E-state index in [-0.39, 0.29) is 24.9 Å². The average Bonchev–Trinajstić information content (AvgIpc) is 2.92. The normalized spacial score (nSPS) is 33.1. The molecule has 2 saturated heterocycles. The molecule has 1 aliphatic carbocycles. The third-order valence-electron chi connectivity index (χ3n) is 6.90. The maximum Gasteiger partial charge on any atom is 0.321 e. The minimum atomic E-state index is -1.34. The fraction of sp³-hybridized carbons (Fsp3) is 0.909. The van der Waals surface area contributed by atoms with Crippen LogP contribution in [-0.2, 0) is 14.3 Å². The number of carbonyl (C=O) groups is 2. The molecule has 8 atom stereocenters. The molecule has 3 fully saturated rings. The van der Waals surface area contributed by atoms with E-state index in [4.69, 9.17) is 14.9 Å². The molecule has 8 unspecified atom stereocenters. The Morgan fingerprint density at radius 2 is 1.54 bits per heavy atom. The predicted octanol–water partition coefficient (Wildman–Crippen LogP) is -6.22. The quantitative estimate of drug-likeness (QED) is 0.0698. The topological polar surface area (TPSA) is 277 Å². The summed E-state index contributed by atoms with van der Waals surface area (Å²) in [6, 6.07) is -0.967. The van der Waals surface area contributed by atoms with Gasteiger partial charge in [-0.2, -0.15) is 0 Å². The number of carboxylic acids is 2. The Bertz CT molecular complexity index is 797. The number of aliphatic hydroxyl groups excluding tert-OH is 3. The lowest BCUT2D eigenvalue weighted by Gasteiger charge is -2.43. The van der Waals surface area contributed by atoms with Crippen molar-refractivity contribution in [3.63, 3.8) is 0 Å². The maximum atomic E-state index is 11.6. The molecule has 238 valence electrons.